The quantitative estimate of drug-likeness (QED) is 0.320. The molecule has 0 spiro atoms. The first kappa shape index (κ1) is 19.8. The standard InChI is InChI=1S/C9H9.3C4H9.Sn/c1-3-9-7-5-4-6-8(9)2;3*1-3-4-2;/h3-7H,1-2H2;3*1,3-4H2,2H3;. The van der Waals surface area contributed by atoms with Gasteiger partial charge in [-0.3, -0.25) is 0 Å². The maximum atomic E-state index is 4.03. The third-order valence-electron chi connectivity index (χ3n) is 5.02. The van der Waals surface area contributed by atoms with Crippen molar-refractivity contribution < 1.29 is 0 Å². The molecule has 0 aliphatic carbocycles. The molecule has 0 fully saturated rings. The molecule has 0 heterocycles. The third kappa shape index (κ3) is 6.48. The molecule has 0 nitrogen and oxygen atoms in total. The molecule has 1 heteroatoms. The van der Waals surface area contributed by atoms with E-state index in [0.29, 0.717) is 0 Å². The molecule has 1 rings (SSSR count). The van der Waals surface area contributed by atoms with Crippen molar-refractivity contribution in [2.75, 3.05) is 0 Å². The number of rotatable bonds is 12. The fraction of sp³-hybridized carbons (Fsp3) is 0.619. The molecule has 124 valence electrons. The van der Waals surface area contributed by atoms with Gasteiger partial charge in [0.05, 0.1) is 0 Å². The molecular formula is C21H36Sn. The minimum absolute atomic E-state index is 1.36. The Bertz CT molecular complexity index is 400. The van der Waals surface area contributed by atoms with Crippen molar-refractivity contribution in [1.82, 2.24) is 0 Å². The van der Waals surface area contributed by atoms with Gasteiger partial charge in [-0.15, -0.1) is 0 Å². The van der Waals surface area contributed by atoms with Crippen LogP contribution in [-0.2, 0) is 4.44 Å². The molecule has 0 unspecified atom stereocenters. The maximum absolute atomic E-state index is 4.03. The Morgan fingerprint density at radius 3 is 1.82 bits per heavy atom. The molecule has 0 radical (unpaired) electrons. The van der Waals surface area contributed by atoms with Gasteiger partial charge in [0.2, 0.25) is 0 Å². The number of benzene rings is 1. The van der Waals surface area contributed by atoms with Crippen molar-refractivity contribution in [3.8, 4) is 0 Å². The van der Waals surface area contributed by atoms with E-state index in [0.717, 1.165) is 0 Å². The van der Waals surface area contributed by atoms with Crippen LogP contribution in [0.3, 0.4) is 0 Å². The summed E-state index contributed by atoms with van der Waals surface area (Å²) in [6.45, 7) is 11.1. The predicted octanol–water partition coefficient (Wildman–Crippen LogP) is 7.26. The van der Waals surface area contributed by atoms with Gasteiger partial charge in [-0.2, -0.15) is 0 Å². The Hall–Kier alpha value is -0.241. The Morgan fingerprint density at radius 1 is 0.864 bits per heavy atom. The van der Waals surface area contributed by atoms with Gasteiger partial charge in [-0.25, -0.2) is 0 Å². The van der Waals surface area contributed by atoms with Crippen LogP contribution < -0.4 is 0 Å². The third-order valence-corrected chi connectivity index (χ3v) is 20.4. The van der Waals surface area contributed by atoms with Crippen molar-refractivity contribution in [1.29, 1.82) is 0 Å². The van der Waals surface area contributed by atoms with Gasteiger partial charge in [0, 0.05) is 0 Å². The van der Waals surface area contributed by atoms with Crippen molar-refractivity contribution in [3.63, 3.8) is 0 Å². The molecule has 0 aliphatic rings. The first-order chi connectivity index (χ1) is 10.7. The van der Waals surface area contributed by atoms with E-state index in [1.165, 1.54) is 48.5 Å². The second-order valence-corrected chi connectivity index (χ2v) is 20.7. The molecule has 0 aromatic heterocycles. The van der Waals surface area contributed by atoms with Gasteiger partial charge in [-0.1, -0.05) is 0 Å². The first-order valence-electron chi connectivity index (χ1n) is 9.41. The van der Waals surface area contributed by atoms with Crippen LogP contribution in [0.1, 0.15) is 70.4 Å². The molecule has 0 aliphatic heterocycles. The summed E-state index contributed by atoms with van der Waals surface area (Å²) in [5.41, 5.74) is 2.98. The summed E-state index contributed by atoms with van der Waals surface area (Å²) in [7, 11) is 0. The summed E-state index contributed by atoms with van der Waals surface area (Å²) < 4.78 is 6.22. The van der Waals surface area contributed by atoms with Gasteiger partial charge in [-0.05, 0) is 0 Å². The van der Waals surface area contributed by atoms with Crippen molar-refractivity contribution in [3.05, 3.63) is 42.0 Å². The van der Waals surface area contributed by atoms with E-state index >= 15 is 0 Å². The monoisotopic (exact) mass is 408 g/mol. The Labute approximate surface area is 143 Å². The zero-order valence-corrected chi connectivity index (χ0v) is 18.0. The zero-order valence-electron chi connectivity index (χ0n) is 15.2. The van der Waals surface area contributed by atoms with E-state index in [1.54, 1.807) is 18.9 Å². The summed E-state index contributed by atoms with van der Waals surface area (Å²) in [5.74, 6) is 0. The molecule has 0 bridgehead atoms. The minimum atomic E-state index is -2.06. The molecule has 1 aromatic carbocycles. The van der Waals surface area contributed by atoms with Gasteiger partial charge in [0.15, 0.2) is 0 Å². The van der Waals surface area contributed by atoms with Crippen molar-refractivity contribution in [2.45, 2.75) is 77.0 Å². The normalized spacial score (nSPS) is 11.6. The van der Waals surface area contributed by atoms with Crippen molar-refractivity contribution >= 4 is 24.5 Å². The van der Waals surface area contributed by atoms with E-state index in [-0.39, 0.29) is 0 Å². The number of hydrogen-bond donors (Lipinski definition) is 0. The topological polar surface area (TPSA) is 0 Å². The fourth-order valence-corrected chi connectivity index (χ4v) is 19.9. The second-order valence-electron chi connectivity index (χ2n) is 6.89. The summed E-state index contributed by atoms with van der Waals surface area (Å²) in [6.07, 6.45) is 10.5. The molecule has 0 atom stereocenters. The van der Waals surface area contributed by atoms with Gasteiger partial charge in [0.1, 0.15) is 0 Å². The fourth-order valence-electron chi connectivity index (χ4n) is 3.59. The molecule has 0 saturated heterocycles. The van der Waals surface area contributed by atoms with Crippen LogP contribution in [0.2, 0.25) is 13.3 Å². The first-order valence-corrected chi connectivity index (χ1v) is 17.5. The predicted molar refractivity (Wildman–Crippen MR) is 105 cm³/mol. The van der Waals surface area contributed by atoms with E-state index in [9.17, 15) is 0 Å². The van der Waals surface area contributed by atoms with Crippen LogP contribution in [0.15, 0.2) is 30.8 Å². The molecular weight excluding hydrogens is 371 g/mol. The van der Waals surface area contributed by atoms with Crippen LogP contribution in [-0.4, -0.2) is 18.4 Å². The molecule has 1 aromatic rings. The summed E-state index contributed by atoms with van der Waals surface area (Å²) in [4.78, 5) is 0. The van der Waals surface area contributed by atoms with Crippen LogP contribution in [0, 0.1) is 0 Å². The molecule has 0 amide bonds. The van der Waals surface area contributed by atoms with E-state index in [1.807, 2.05) is 0 Å². The summed E-state index contributed by atoms with van der Waals surface area (Å²) in [6, 6.07) is 8.99. The van der Waals surface area contributed by atoms with E-state index < -0.39 is 18.4 Å². The second kappa shape index (κ2) is 11.3. The average molecular weight is 407 g/mol. The van der Waals surface area contributed by atoms with Gasteiger partial charge in [0.25, 0.3) is 0 Å². The summed E-state index contributed by atoms with van der Waals surface area (Å²) >= 11 is -2.06. The van der Waals surface area contributed by atoms with Crippen LogP contribution in [0.4, 0.5) is 0 Å². The summed E-state index contributed by atoms with van der Waals surface area (Å²) in [5, 5.41) is 0. The van der Waals surface area contributed by atoms with Crippen LogP contribution in [0.5, 0.6) is 0 Å². The molecule has 0 saturated carbocycles. The van der Waals surface area contributed by atoms with Crippen LogP contribution >= 0.6 is 0 Å². The van der Waals surface area contributed by atoms with E-state index in [2.05, 4.69) is 57.7 Å². The van der Waals surface area contributed by atoms with Gasteiger partial charge < -0.3 is 0 Å². The molecule has 22 heavy (non-hydrogen) atoms. The van der Waals surface area contributed by atoms with Crippen molar-refractivity contribution in [2.24, 2.45) is 0 Å². The Balaban J connectivity index is 3.00. The average Bonchev–Trinajstić information content (AvgIpc) is 2.56. The number of unbranched alkanes of at least 4 members (excludes halogenated alkanes) is 3. The SMILES string of the molecule is C=Cc1ccccc1[CH2][Sn]([CH2]CCC)([CH2]CCC)[CH2]CCC. The number of hydrogen-bond acceptors (Lipinski definition) is 0. The van der Waals surface area contributed by atoms with Crippen LogP contribution in [0.25, 0.3) is 6.08 Å². The van der Waals surface area contributed by atoms with E-state index in [4.69, 9.17) is 0 Å². The zero-order chi connectivity index (χ0) is 16.3. The Kier molecular flexibility index (Phi) is 10.2. The Morgan fingerprint density at radius 2 is 1.36 bits per heavy atom. The molecule has 0 N–H and O–H groups in total. The van der Waals surface area contributed by atoms with Gasteiger partial charge >= 0.3 is 143 Å².